The van der Waals surface area contributed by atoms with E-state index >= 15 is 0 Å². The van der Waals surface area contributed by atoms with Crippen molar-refractivity contribution in [1.82, 2.24) is 14.9 Å². The Kier molecular flexibility index (Phi) is 3.95. The summed E-state index contributed by atoms with van der Waals surface area (Å²) in [5, 5.41) is 4.27. The smallest absolute Gasteiger partial charge is 0.123 e. The highest BCUT2D eigenvalue weighted by Gasteiger charge is 2.10. The number of benzene rings is 2. The van der Waals surface area contributed by atoms with Crippen LogP contribution in [-0.2, 0) is 13.6 Å². The van der Waals surface area contributed by atoms with Crippen molar-refractivity contribution in [1.29, 1.82) is 0 Å². The molecule has 0 aliphatic carbocycles. The molecule has 0 bridgehead atoms. The first kappa shape index (κ1) is 14.1. The summed E-state index contributed by atoms with van der Waals surface area (Å²) in [6, 6.07) is 16.4. The molecule has 3 nitrogen and oxygen atoms in total. The Morgan fingerprint density at radius 3 is 2.76 bits per heavy atom. The van der Waals surface area contributed by atoms with Crippen LogP contribution in [0.15, 0.2) is 48.5 Å². The average Bonchev–Trinajstić information content (AvgIpc) is 2.82. The first-order chi connectivity index (χ1) is 10.1. The Labute approximate surface area is 129 Å². The van der Waals surface area contributed by atoms with Crippen LogP contribution < -0.4 is 5.32 Å². The average molecular weight is 300 g/mol. The van der Waals surface area contributed by atoms with Crippen LogP contribution in [-0.4, -0.2) is 9.55 Å². The Bertz CT molecular complexity index is 764. The fourth-order valence-electron chi connectivity index (χ4n) is 2.49. The highest BCUT2D eigenvalue weighted by molar-refractivity contribution is 6.30. The highest BCUT2D eigenvalue weighted by atomic mass is 35.5. The van der Waals surface area contributed by atoms with E-state index in [9.17, 15) is 0 Å². The van der Waals surface area contributed by atoms with Crippen molar-refractivity contribution in [2.24, 2.45) is 7.05 Å². The highest BCUT2D eigenvalue weighted by Crippen LogP contribution is 2.19. The fraction of sp³-hybridized carbons (Fsp3) is 0.235. The van der Waals surface area contributed by atoms with Crippen LogP contribution in [0.3, 0.4) is 0 Å². The molecular weight excluding hydrogens is 282 g/mol. The van der Waals surface area contributed by atoms with Gasteiger partial charge in [0.2, 0.25) is 0 Å². The van der Waals surface area contributed by atoms with Gasteiger partial charge in [-0.25, -0.2) is 4.98 Å². The third-order valence-corrected chi connectivity index (χ3v) is 4.03. The van der Waals surface area contributed by atoms with E-state index in [0.29, 0.717) is 0 Å². The predicted molar refractivity (Wildman–Crippen MR) is 87.4 cm³/mol. The Morgan fingerprint density at radius 2 is 2.00 bits per heavy atom. The first-order valence-electron chi connectivity index (χ1n) is 7.04. The second-order valence-electron chi connectivity index (χ2n) is 5.23. The molecule has 4 heteroatoms. The maximum absolute atomic E-state index is 6.04. The van der Waals surface area contributed by atoms with Gasteiger partial charge in [-0.2, -0.15) is 0 Å². The number of fused-ring (bicyclic) bond motifs is 1. The summed E-state index contributed by atoms with van der Waals surface area (Å²) in [7, 11) is 2.05. The number of hydrogen-bond donors (Lipinski definition) is 1. The fourth-order valence-corrected chi connectivity index (χ4v) is 2.69. The van der Waals surface area contributed by atoms with Gasteiger partial charge in [-0.05, 0) is 36.8 Å². The summed E-state index contributed by atoms with van der Waals surface area (Å²) < 4.78 is 2.13. The molecule has 0 fully saturated rings. The van der Waals surface area contributed by atoms with Gasteiger partial charge in [-0.1, -0.05) is 35.9 Å². The van der Waals surface area contributed by atoms with Gasteiger partial charge in [-0.3, -0.25) is 0 Å². The summed E-state index contributed by atoms with van der Waals surface area (Å²) in [6.45, 7) is 2.85. The zero-order chi connectivity index (χ0) is 14.8. The van der Waals surface area contributed by atoms with E-state index in [1.807, 2.05) is 36.4 Å². The molecule has 108 valence electrons. The minimum Gasteiger partial charge on any atom is -0.330 e. The lowest BCUT2D eigenvalue weighted by Gasteiger charge is -2.14. The SMILES string of the molecule is C[C@H](NCc1nc2ccccc2n1C)c1cccc(Cl)c1. The second-order valence-corrected chi connectivity index (χ2v) is 5.67. The molecule has 3 rings (SSSR count). The van der Waals surface area contributed by atoms with E-state index in [-0.39, 0.29) is 6.04 Å². The van der Waals surface area contributed by atoms with Crippen LogP contribution in [0.5, 0.6) is 0 Å². The molecule has 0 aliphatic rings. The molecule has 0 amide bonds. The summed E-state index contributed by atoms with van der Waals surface area (Å²) in [5.41, 5.74) is 3.37. The van der Waals surface area contributed by atoms with E-state index in [4.69, 9.17) is 11.6 Å². The minimum absolute atomic E-state index is 0.225. The summed E-state index contributed by atoms with van der Waals surface area (Å²) in [5.74, 6) is 1.03. The van der Waals surface area contributed by atoms with Crippen LogP contribution in [0.4, 0.5) is 0 Å². The number of para-hydroxylation sites is 2. The third-order valence-electron chi connectivity index (χ3n) is 3.79. The lowest BCUT2D eigenvalue weighted by atomic mass is 10.1. The van der Waals surface area contributed by atoms with Crippen LogP contribution in [0.1, 0.15) is 24.4 Å². The molecule has 3 aromatic rings. The Morgan fingerprint density at radius 1 is 1.19 bits per heavy atom. The van der Waals surface area contributed by atoms with Gasteiger partial charge in [0.05, 0.1) is 17.6 Å². The number of nitrogens with zero attached hydrogens (tertiary/aromatic N) is 2. The van der Waals surface area contributed by atoms with Crippen molar-refractivity contribution in [3.05, 3.63) is 64.9 Å². The zero-order valence-corrected chi connectivity index (χ0v) is 12.9. The van der Waals surface area contributed by atoms with Crippen LogP contribution in [0, 0.1) is 0 Å². The molecule has 0 saturated carbocycles. The quantitative estimate of drug-likeness (QED) is 0.787. The lowest BCUT2D eigenvalue weighted by Crippen LogP contribution is -2.20. The Hall–Kier alpha value is -1.84. The second kappa shape index (κ2) is 5.88. The van der Waals surface area contributed by atoms with Crippen molar-refractivity contribution in [2.75, 3.05) is 0 Å². The molecule has 0 unspecified atom stereocenters. The number of halogens is 1. The molecule has 1 heterocycles. The molecule has 1 N–H and O–H groups in total. The molecule has 1 atom stereocenters. The summed E-state index contributed by atoms with van der Waals surface area (Å²) in [4.78, 5) is 4.67. The maximum atomic E-state index is 6.04. The van der Waals surface area contributed by atoms with Crippen molar-refractivity contribution in [3.8, 4) is 0 Å². The van der Waals surface area contributed by atoms with Crippen molar-refractivity contribution in [3.63, 3.8) is 0 Å². The molecule has 2 aromatic carbocycles. The normalized spacial score (nSPS) is 12.7. The number of hydrogen-bond acceptors (Lipinski definition) is 2. The monoisotopic (exact) mass is 299 g/mol. The summed E-state index contributed by atoms with van der Waals surface area (Å²) >= 11 is 6.04. The van der Waals surface area contributed by atoms with Crippen molar-refractivity contribution >= 4 is 22.6 Å². The van der Waals surface area contributed by atoms with Crippen LogP contribution >= 0.6 is 11.6 Å². The minimum atomic E-state index is 0.225. The topological polar surface area (TPSA) is 29.9 Å². The molecule has 1 aromatic heterocycles. The van der Waals surface area contributed by atoms with Gasteiger partial charge in [0.1, 0.15) is 5.82 Å². The number of aryl methyl sites for hydroxylation is 1. The Balaban J connectivity index is 1.75. The third kappa shape index (κ3) is 2.94. The van der Waals surface area contributed by atoms with Gasteiger partial charge in [-0.15, -0.1) is 0 Å². The number of nitrogens with one attached hydrogen (secondary N) is 1. The number of imidazole rings is 1. The first-order valence-corrected chi connectivity index (χ1v) is 7.42. The molecular formula is C17H18ClN3. The van der Waals surface area contributed by atoms with E-state index in [2.05, 4.69) is 41.0 Å². The largest absolute Gasteiger partial charge is 0.330 e. The summed E-state index contributed by atoms with van der Waals surface area (Å²) in [6.07, 6.45) is 0. The zero-order valence-electron chi connectivity index (χ0n) is 12.2. The van der Waals surface area contributed by atoms with Gasteiger partial charge in [0, 0.05) is 18.1 Å². The van der Waals surface area contributed by atoms with Crippen LogP contribution in [0.25, 0.3) is 11.0 Å². The maximum Gasteiger partial charge on any atom is 0.123 e. The number of aromatic nitrogens is 2. The van der Waals surface area contributed by atoms with Crippen LogP contribution in [0.2, 0.25) is 5.02 Å². The van der Waals surface area contributed by atoms with E-state index in [1.165, 1.54) is 5.56 Å². The molecule has 0 saturated heterocycles. The number of rotatable bonds is 4. The molecule has 0 spiro atoms. The predicted octanol–water partition coefficient (Wildman–Crippen LogP) is 4.08. The molecule has 0 radical (unpaired) electrons. The van der Waals surface area contributed by atoms with E-state index in [1.54, 1.807) is 0 Å². The lowest BCUT2D eigenvalue weighted by molar-refractivity contribution is 0.551. The standard InChI is InChI=1S/C17H18ClN3/c1-12(13-6-5-7-14(18)10-13)19-11-17-20-15-8-3-4-9-16(15)21(17)2/h3-10,12,19H,11H2,1-2H3/t12-/m0/s1. The van der Waals surface area contributed by atoms with Gasteiger partial charge >= 0.3 is 0 Å². The molecule has 0 aliphatic heterocycles. The van der Waals surface area contributed by atoms with E-state index in [0.717, 1.165) is 28.4 Å². The van der Waals surface area contributed by atoms with Gasteiger partial charge in [0.25, 0.3) is 0 Å². The van der Waals surface area contributed by atoms with Crippen molar-refractivity contribution < 1.29 is 0 Å². The van der Waals surface area contributed by atoms with E-state index < -0.39 is 0 Å². The molecule has 21 heavy (non-hydrogen) atoms. The van der Waals surface area contributed by atoms with Crippen molar-refractivity contribution in [2.45, 2.75) is 19.5 Å². The van der Waals surface area contributed by atoms with Gasteiger partial charge in [0.15, 0.2) is 0 Å². The van der Waals surface area contributed by atoms with Gasteiger partial charge < -0.3 is 9.88 Å².